The lowest BCUT2D eigenvalue weighted by Gasteiger charge is -2.32. The average Bonchev–Trinajstić information content (AvgIpc) is 3.03. The van der Waals surface area contributed by atoms with Gasteiger partial charge in [0, 0.05) is 31.6 Å². The van der Waals surface area contributed by atoms with E-state index < -0.39 is 0 Å². The van der Waals surface area contributed by atoms with Crippen LogP contribution in [0.25, 0.3) is 0 Å². The molecule has 5 nitrogen and oxygen atoms in total. The van der Waals surface area contributed by atoms with Crippen molar-refractivity contribution in [2.24, 2.45) is 10.9 Å². The van der Waals surface area contributed by atoms with Gasteiger partial charge in [-0.25, -0.2) is 4.98 Å². The Morgan fingerprint density at radius 2 is 2.27 bits per heavy atom. The van der Waals surface area contributed by atoms with E-state index in [4.69, 9.17) is 0 Å². The molecule has 122 valence electrons. The molecule has 0 radical (unpaired) electrons. The fraction of sp³-hybridized carbons (Fsp3) is 0.750. The predicted molar refractivity (Wildman–Crippen MR) is 92.4 cm³/mol. The van der Waals surface area contributed by atoms with Gasteiger partial charge in [-0.3, -0.25) is 9.89 Å². The second kappa shape index (κ2) is 7.92. The number of nitrogens with zero attached hydrogens (tertiary/aromatic N) is 3. The zero-order valence-corrected chi connectivity index (χ0v) is 14.3. The van der Waals surface area contributed by atoms with Gasteiger partial charge < -0.3 is 10.6 Å². The fourth-order valence-corrected chi connectivity index (χ4v) is 3.79. The smallest absolute Gasteiger partial charge is 0.191 e. The molecule has 0 aromatic carbocycles. The summed E-state index contributed by atoms with van der Waals surface area (Å²) in [4.78, 5) is 11.7. The van der Waals surface area contributed by atoms with Crippen LogP contribution in [0, 0.1) is 5.92 Å². The minimum absolute atomic E-state index is 0.768. The van der Waals surface area contributed by atoms with Gasteiger partial charge in [-0.2, -0.15) is 0 Å². The molecule has 0 atom stereocenters. The zero-order valence-electron chi connectivity index (χ0n) is 13.5. The third-order valence-electron chi connectivity index (χ3n) is 4.45. The molecule has 1 aromatic heterocycles. The van der Waals surface area contributed by atoms with Gasteiger partial charge in [-0.15, -0.1) is 11.3 Å². The second-order valence-electron chi connectivity index (χ2n) is 6.20. The molecule has 3 rings (SSSR count). The topological polar surface area (TPSA) is 52.6 Å². The highest BCUT2D eigenvalue weighted by Gasteiger charge is 2.20. The minimum Gasteiger partial charge on any atom is -0.356 e. The van der Waals surface area contributed by atoms with Gasteiger partial charge in [0.2, 0.25) is 0 Å². The number of hydrogen-bond acceptors (Lipinski definition) is 6. The van der Waals surface area contributed by atoms with E-state index in [1.165, 1.54) is 36.6 Å². The highest BCUT2D eigenvalue weighted by molar-refractivity contribution is 7.09. The molecule has 22 heavy (non-hydrogen) atoms. The number of aryl methyl sites for hydroxylation is 1. The molecule has 2 aliphatic rings. The van der Waals surface area contributed by atoms with Crippen LogP contribution in [0.1, 0.15) is 36.9 Å². The van der Waals surface area contributed by atoms with E-state index in [0.717, 1.165) is 50.9 Å². The highest BCUT2D eigenvalue weighted by atomic mass is 32.1. The minimum atomic E-state index is 0.768. The summed E-state index contributed by atoms with van der Waals surface area (Å²) in [5, 5.41) is 10.3. The van der Waals surface area contributed by atoms with Crippen molar-refractivity contribution in [3.63, 3.8) is 0 Å². The molecular weight excluding hydrogens is 294 g/mol. The van der Waals surface area contributed by atoms with Crippen molar-refractivity contribution in [1.29, 1.82) is 0 Å². The number of hydrogen-bond donors (Lipinski definition) is 2. The van der Waals surface area contributed by atoms with Crippen LogP contribution < -0.4 is 10.6 Å². The Labute approximate surface area is 137 Å². The number of likely N-dealkylation sites (tertiary alicyclic amines) is 1. The van der Waals surface area contributed by atoms with Crippen LogP contribution in [0.3, 0.4) is 0 Å². The van der Waals surface area contributed by atoms with Crippen molar-refractivity contribution in [1.82, 2.24) is 20.5 Å². The molecule has 1 aromatic rings. The van der Waals surface area contributed by atoms with Crippen LogP contribution in [0.15, 0.2) is 10.4 Å². The molecule has 2 aliphatic heterocycles. The largest absolute Gasteiger partial charge is 0.356 e. The molecule has 1 saturated heterocycles. The lowest BCUT2D eigenvalue weighted by molar-refractivity contribution is 0.176. The van der Waals surface area contributed by atoms with Crippen molar-refractivity contribution in [3.8, 4) is 0 Å². The van der Waals surface area contributed by atoms with E-state index in [-0.39, 0.29) is 0 Å². The van der Waals surface area contributed by atoms with E-state index in [0.29, 0.717) is 0 Å². The average molecular weight is 321 g/mol. The Morgan fingerprint density at radius 1 is 1.41 bits per heavy atom. The van der Waals surface area contributed by atoms with Crippen LogP contribution in [0.5, 0.6) is 0 Å². The number of rotatable bonds is 5. The summed E-state index contributed by atoms with van der Waals surface area (Å²) in [6, 6.07) is 0. The first-order valence-electron chi connectivity index (χ1n) is 8.51. The fourth-order valence-electron chi connectivity index (χ4n) is 3.05. The number of guanidine groups is 1. The van der Waals surface area contributed by atoms with Gasteiger partial charge >= 0.3 is 0 Å². The summed E-state index contributed by atoms with van der Waals surface area (Å²) in [6.07, 6.45) is 4.74. The lowest BCUT2D eigenvalue weighted by Crippen LogP contribution is -2.44. The van der Waals surface area contributed by atoms with E-state index in [9.17, 15) is 0 Å². The van der Waals surface area contributed by atoms with E-state index >= 15 is 0 Å². The first-order valence-corrected chi connectivity index (χ1v) is 9.39. The van der Waals surface area contributed by atoms with E-state index in [2.05, 4.69) is 37.8 Å². The Kier molecular flexibility index (Phi) is 5.67. The molecule has 3 heterocycles. The van der Waals surface area contributed by atoms with Crippen molar-refractivity contribution in [2.75, 3.05) is 32.7 Å². The van der Waals surface area contributed by atoms with Gasteiger partial charge in [-0.05, 0) is 44.7 Å². The number of aromatic nitrogens is 1. The zero-order chi connectivity index (χ0) is 15.2. The van der Waals surface area contributed by atoms with Gasteiger partial charge in [-0.1, -0.05) is 6.92 Å². The summed E-state index contributed by atoms with van der Waals surface area (Å²) in [7, 11) is 0. The Morgan fingerprint density at radius 3 is 2.95 bits per heavy atom. The van der Waals surface area contributed by atoms with Crippen LogP contribution >= 0.6 is 11.3 Å². The molecule has 0 unspecified atom stereocenters. The summed E-state index contributed by atoms with van der Waals surface area (Å²) in [5.41, 5.74) is 1.25. The van der Waals surface area contributed by atoms with E-state index in [1.54, 1.807) is 11.3 Å². The van der Waals surface area contributed by atoms with Gasteiger partial charge in [0.05, 0.1) is 10.7 Å². The number of piperidine rings is 1. The summed E-state index contributed by atoms with van der Waals surface area (Å²) in [5.74, 6) is 1.77. The number of aliphatic imine (C=N–C) groups is 1. The molecule has 0 saturated carbocycles. The molecule has 0 spiro atoms. The Bertz CT molecular complexity index is 490. The van der Waals surface area contributed by atoms with Crippen LogP contribution in [0.4, 0.5) is 0 Å². The summed E-state index contributed by atoms with van der Waals surface area (Å²) >= 11 is 1.79. The SMILES string of the molecule is CCc1nc(CN2CCC(CNC3=NCCCN3)CC2)cs1. The Balaban J connectivity index is 1.37. The third kappa shape index (κ3) is 4.43. The number of nitrogens with one attached hydrogen (secondary N) is 2. The molecular formula is C16H27N5S. The number of thiazole rings is 1. The van der Waals surface area contributed by atoms with Crippen LogP contribution in [0.2, 0.25) is 0 Å². The summed E-state index contributed by atoms with van der Waals surface area (Å²) < 4.78 is 0. The molecule has 0 amide bonds. The first-order chi connectivity index (χ1) is 10.8. The van der Waals surface area contributed by atoms with Gasteiger partial charge in [0.1, 0.15) is 0 Å². The maximum absolute atomic E-state index is 4.68. The molecule has 1 fully saturated rings. The molecule has 0 bridgehead atoms. The van der Waals surface area contributed by atoms with Crippen molar-refractivity contribution in [2.45, 2.75) is 39.2 Å². The molecule has 0 aliphatic carbocycles. The normalized spacial score (nSPS) is 20.5. The van der Waals surface area contributed by atoms with Crippen molar-refractivity contribution >= 4 is 17.3 Å². The summed E-state index contributed by atoms with van der Waals surface area (Å²) in [6.45, 7) is 8.63. The van der Waals surface area contributed by atoms with Crippen LogP contribution in [-0.4, -0.2) is 48.6 Å². The van der Waals surface area contributed by atoms with Crippen LogP contribution in [-0.2, 0) is 13.0 Å². The van der Waals surface area contributed by atoms with E-state index in [1.807, 2.05) is 0 Å². The maximum atomic E-state index is 4.68. The molecule has 6 heteroatoms. The maximum Gasteiger partial charge on any atom is 0.191 e. The highest BCUT2D eigenvalue weighted by Crippen LogP contribution is 2.19. The first kappa shape index (κ1) is 15.7. The monoisotopic (exact) mass is 321 g/mol. The quantitative estimate of drug-likeness (QED) is 0.869. The van der Waals surface area contributed by atoms with Gasteiger partial charge in [0.25, 0.3) is 0 Å². The lowest BCUT2D eigenvalue weighted by atomic mass is 9.97. The predicted octanol–water partition coefficient (Wildman–Crippen LogP) is 1.86. The van der Waals surface area contributed by atoms with Crippen molar-refractivity contribution in [3.05, 3.63) is 16.1 Å². The van der Waals surface area contributed by atoms with Crippen molar-refractivity contribution < 1.29 is 0 Å². The second-order valence-corrected chi connectivity index (χ2v) is 7.14. The molecule has 2 N–H and O–H groups in total. The van der Waals surface area contributed by atoms with Gasteiger partial charge in [0.15, 0.2) is 5.96 Å². The third-order valence-corrected chi connectivity index (χ3v) is 5.49. The standard InChI is InChI=1S/C16H27N5S/c1-2-15-20-14(12-22-15)11-21-8-4-13(5-9-21)10-19-16-17-6-3-7-18-16/h12-13H,2-11H2,1H3,(H2,17,18,19). The Hall–Kier alpha value is -1.14.